The number of anilines is 1. The van der Waals surface area contributed by atoms with Crippen molar-refractivity contribution in [3.05, 3.63) is 96.1 Å². The number of nitrogens with one attached hydrogen (secondary N) is 1. The molecule has 34 heavy (non-hydrogen) atoms. The predicted molar refractivity (Wildman–Crippen MR) is 137 cm³/mol. The number of hydrogen-bond donors (Lipinski definition) is 1. The van der Waals surface area contributed by atoms with Crippen LogP contribution in [0.25, 0.3) is 31.6 Å². The Morgan fingerprint density at radius 3 is 2.50 bits per heavy atom. The lowest BCUT2D eigenvalue weighted by Crippen LogP contribution is -2.30. The average Bonchev–Trinajstić information content (AvgIpc) is 3.27. The topological polar surface area (TPSA) is 68.3 Å². The van der Waals surface area contributed by atoms with Crippen LogP contribution in [0.4, 0.5) is 5.69 Å². The number of para-hydroxylation sites is 1. The fourth-order valence-corrected chi connectivity index (χ4v) is 4.92. The van der Waals surface area contributed by atoms with Crippen molar-refractivity contribution in [1.29, 1.82) is 0 Å². The maximum Gasteiger partial charge on any atom is 0.339 e. The number of fused-ring (bicyclic) bond motifs is 2. The Hall–Kier alpha value is -4.03. The molecule has 0 fully saturated rings. The van der Waals surface area contributed by atoms with Crippen LogP contribution in [-0.2, 0) is 9.53 Å². The number of aromatic nitrogens is 1. The van der Waals surface area contributed by atoms with Crippen molar-refractivity contribution in [1.82, 2.24) is 4.98 Å². The number of thiazole rings is 1. The molecule has 1 heterocycles. The Labute approximate surface area is 201 Å². The summed E-state index contributed by atoms with van der Waals surface area (Å²) in [6.07, 6.45) is -0.960. The van der Waals surface area contributed by atoms with Crippen molar-refractivity contribution in [3.63, 3.8) is 0 Å². The second-order valence-electron chi connectivity index (χ2n) is 8.10. The molecule has 1 unspecified atom stereocenters. The largest absolute Gasteiger partial charge is 0.449 e. The van der Waals surface area contributed by atoms with Gasteiger partial charge in [-0.15, -0.1) is 11.3 Å². The first-order chi connectivity index (χ1) is 16.5. The van der Waals surface area contributed by atoms with E-state index in [-0.39, 0.29) is 5.91 Å². The van der Waals surface area contributed by atoms with Crippen molar-refractivity contribution in [2.24, 2.45) is 0 Å². The Morgan fingerprint density at radius 2 is 1.71 bits per heavy atom. The van der Waals surface area contributed by atoms with Gasteiger partial charge in [0.15, 0.2) is 6.10 Å². The van der Waals surface area contributed by atoms with Gasteiger partial charge in [0.25, 0.3) is 5.91 Å². The zero-order valence-electron chi connectivity index (χ0n) is 18.7. The number of ether oxygens (including phenoxy) is 1. The molecule has 0 aliphatic carbocycles. The molecule has 5 rings (SSSR count). The molecule has 1 atom stereocenters. The summed E-state index contributed by atoms with van der Waals surface area (Å²) in [5.41, 5.74) is 3.88. The van der Waals surface area contributed by atoms with E-state index < -0.39 is 12.1 Å². The molecule has 5 nitrogen and oxygen atoms in total. The van der Waals surface area contributed by atoms with Gasteiger partial charge in [0.1, 0.15) is 5.01 Å². The minimum atomic E-state index is -0.960. The van der Waals surface area contributed by atoms with E-state index in [1.165, 1.54) is 0 Å². The number of carbonyl (C=O) groups excluding carboxylic acids is 2. The third-order valence-electron chi connectivity index (χ3n) is 5.59. The first kappa shape index (κ1) is 21.8. The van der Waals surface area contributed by atoms with E-state index >= 15 is 0 Å². The number of esters is 1. The molecule has 6 heteroatoms. The van der Waals surface area contributed by atoms with Gasteiger partial charge in [0, 0.05) is 16.6 Å². The molecule has 4 aromatic carbocycles. The van der Waals surface area contributed by atoms with Crippen molar-refractivity contribution in [2.75, 3.05) is 5.32 Å². The van der Waals surface area contributed by atoms with Gasteiger partial charge in [0.05, 0.1) is 15.8 Å². The van der Waals surface area contributed by atoms with Crippen molar-refractivity contribution in [3.8, 4) is 10.6 Å². The number of nitrogens with zero attached hydrogens (tertiary/aromatic N) is 1. The van der Waals surface area contributed by atoms with Crippen molar-refractivity contribution >= 4 is 49.9 Å². The number of benzene rings is 4. The summed E-state index contributed by atoms with van der Waals surface area (Å²) in [6.45, 7) is 3.52. The van der Waals surface area contributed by atoms with Gasteiger partial charge in [-0.1, -0.05) is 54.6 Å². The molecule has 0 saturated heterocycles. The van der Waals surface area contributed by atoms with Crippen molar-refractivity contribution in [2.45, 2.75) is 20.0 Å². The number of amides is 1. The minimum Gasteiger partial charge on any atom is -0.449 e. The van der Waals surface area contributed by atoms with Gasteiger partial charge in [-0.05, 0) is 55.1 Å². The molecule has 1 N–H and O–H groups in total. The number of carbonyl (C=O) groups is 2. The van der Waals surface area contributed by atoms with Crippen molar-refractivity contribution < 1.29 is 14.3 Å². The summed E-state index contributed by atoms with van der Waals surface area (Å²) in [6, 6.07) is 26.8. The summed E-state index contributed by atoms with van der Waals surface area (Å²) < 4.78 is 6.67. The molecule has 0 bridgehead atoms. The van der Waals surface area contributed by atoms with Crippen LogP contribution < -0.4 is 5.32 Å². The van der Waals surface area contributed by atoms with Crippen LogP contribution in [0, 0.1) is 6.92 Å². The number of rotatable bonds is 5. The minimum absolute atomic E-state index is 0.384. The number of hydrogen-bond acceptors (Lipinski definition) is 5. The Balaban J connectivity index is 1.46. The molecule has 0 radical (unpaired) electrons. The highest BCUT2D eigenvalue weighted by molar-refractivity contribution is 7.21. The normalized spacial score (nSPS) is 11.9. The van der Waals surface area contributed by atoms with Crippen LogP contribution in [0.5, 0.6) is 0 Å². The third kappa shape index (κ3) is 4.28. The van der Waals surface area contributed by atoms with Crippen LogP contribution in [0.15, 0.2) is 84.9 Å². The van der Waals surface area contributed by atoms with Gasteiger partial charge in [-0.3, -0.25) is 4.79 Å². The molecular weight excluding hydrogens is 444 g/mol. The highest BCUT2D eigenvalue weighted by Gasteiger charge is 2.22. The van der Waals surface area contributed by atoms with Crippen LogP contribution in [0.1, 0.15) is 22.8 Å². The average molecular weight is 467 g/mol. The Kier molecular flexibility index (Phi) is 5.82. The first-order valence-electron chi connectivity index (χ1n) is 11.0. The Bertz CT molecular complexity index is 1500. The molecule has 168 valence electrons. The lowest BCUT2D eigenvalue weighted by atomic mass is 9.99. The molecule has 0 aliphatic heterocycles. The van der Waals surface area contributed by atoms with E-state index in [1.807, 2.05) is 79.7 Å². The highest BCUT2D eigenvalue weighted by atomic mass is 32.1. The summed E-state index contributed by atoms with van der Waals surface area (Å²) in [5.74, 6) is -0.934. The van der Waals surface area contributed by atoms with Crippen LogP contribution in [-0.4, -0.2) is 23.0 Å². The SMILES string of the molecule is Cc1cccc(NC(=O)C(C)OC(=O)c2cccc3cccc(-c4nc5ccccc5s4)c23)c1. The molecule has 0 aliphatic rings. The maximum absolute atomic E-state index is 13.2. The summed E-state index contributed by atoms with van der Waals surface area (Å²) in [5, 5.41) is 5.30. The zero-order chi connectivity index (χ0) is 23.7. The van der Waals surface area contributed by atoms with Gasteiger partial charge >= 0.3 is 5.97 Å². The summed E-state index contributed by atoms with van der Waals surface area (Å²) in [4.78, 5) is 30.6. The lowest BCUT2D eigenvalue weighted by molar-refractivity contribution is -0.123. The predicted octanol–water partition coefficient (Wildman–Crippen LogP) is 6.61. The second kappa shape index (κ2) is 9.08. The van der Waals surface area contributed by atoms with E-state index in [4.69, 9.17) is 9.72 Å². The third-order valence-corrected chi connectivity index (χ3v) is 6.66. The van der Waals surface area contributed by atoms with Crippen LogP contribution >= 0.6 is 11.3 Å². The van der Waals surface area contributed by atoms with Gasteiger partial charge in [-0.2, -0.15) is 0 Å². The van der Waals surface area contributed by atoms with Crippen LogP contribution in [0.2, 0.25) is 0 Å². The van der Waals surface area contributed by atoms with E-state index in [2.05, 4.69) is 5.32 Å². The van der Waals surface area contributed by atoms with E-state index in [1.54, 1.807) is 30.4 Å². The quantitative estimate of drug-likeness (QED) is 0.296. The lowest BCUT2D eigenvalue weighted by Gasteiger charge is -2.15. The van der Waals surface area contributed by atoms with E-state index in [0.717, 1.165) is 37.1 Å². The molecular formula is C28H22N2O3S. The summed E-state index contributed by atoms with van der Waals surface area (Å²) >= 11 is 1.58. The van der Waals surface area contributed by atoms with E-state index in [9.17, 15) is 9.59 Å². The van der Waals surface area contributed by atoms with Crippen LogP contribution in [0.3, 0.4) is 0 Å². The fourth-order valence-electron chi connectivity index (χ4n) is 3.92. The standard InChI is InChI=1S/C28H22N2O3S/c1-17-8-5-11-20(16-17)29-26(31)18(2)33-28(32)22-13-7-10-19-9-6-12-21(25(19)22)27-30-23-14-3-4-15-24(23)34-27/h3-16,18H,1-2H3,(H,29,31). The highest BCUT2D eigenvalue weighted by Crippen LogP contribution is 2.36. The maximum atomic E-state index is 13.2. The number of aryl methyl sites for hydroxylation is 1. The summed E-state index contributed by atoms with van der Waals surface area (Å²) in [7, 11) is 0. The first-order valence-corrected chi connectivity index (χ1v) is 11.8. The molecule has 0 spiro atoms. The molecule has 1 aromatic heterocycles. The second-order valence-corrected chi connectivity index (χ2v) is 9.13. The fraction of sp³-hybridized carbons (Fsp3) is 0.107. The van der Waals surface area contributed by atoms with Gasteiger partial charge in [0.2, 0.25) is 0 Å². The monoisotopic (exact) mass is 466 g/mol. The molecule has 0 saturated carbocycles. The van der Waals surface area contributed by atoms with Gasteiger partial charge < -0.3 is 10.1 Å². The van der Waals surface area contributed by atoms with Gasteiger partial charge in [-0.25, -0.2) is 9.78 Å². The smallest absolute Gasteiger partial charge is 0.339 e. The Morgan fingerprint density at radius 1 is 0.941 bits per heavy atom. The van der Waals surface area contributed by atoms with E-state index in [0.29, 0.717) is 11.3 Å². The molecule has 5 aromatic rings. The zero-order valence-corrected chi connectivity index (χ0v) is 19.6. The molecule has 1 amide bonds.